The lowest BCUT2D eigenvalue weighted by molar-refractivity contribution is 0.122. The van der Waals surface area contributed by atoms with Crippen molar-refractivity contribution in [1.82, 2.24) is 19.4 Å². The number of pyridine rings is 1. The van der Waals surface area contributed by atoms with Gasteiger partial charge in [0, 0.05) is 43.3 Å². The molecular formula is C23H23N7O. The van der Waals surface area contributed by atoms with Crippen LogP contribution in [-0.4, -0.2) is 51.9 Å². The number of anilines is 2. The first kappa shape index (κ1) is 19.2. The molecule has 0 atom stereocenters. The van der Waals surface area contributed by atoms with Gasteiger partial charge in [0.05, 0.1) is 25.1 Å². The zero-order chi connectivity index (χ0) is 21.0. The summed E-state index contributed by atoms with van der Waals surface area (Å²) in [5.74, 6) is 1.46. The number of aryl methyl sites for hydroxylation is 1. The minimum Gasteiger partial charge on any atom is -0.378 e. The molecule has 0 spiro atoms. The quantitative estimate of drug-likeness (QED) is 0.399. The van der Waals surface area contributed by atoms with Gasteiger partial charge in [-0.15, -0.1) is 0 Å². The Morgan fingerprint density at radius 2 is 1.90 bits per heavy atom. The Bertz CT molecular complexity index is 1210. The molecule has 0 amide bonds. The molecule has 8 nitrogen and oxygen atoms in total. The molecule has 4 heterocycles. The highest BCUT2D eigenvalue weighted by Gasteiger charge is 2.18. The van der Waals surface area contributed by atoms with Crippen molar-refractivity contribution in [3.63, 3.8) is 0 Å². The second-order valence-corrected chi connectivity index (χ2v) is 7.42. The largest absolute Gasteiger partial charge is 0.378 e. The van der Waals surface area contributed by atoms with Crippen LogP contribution in [0.15, 0.2) is 66.2 Å². The molecule has 8 heteroatoms. The maximum Gasteiger partial charge on any atom is 0.213 e. The molecular weight excluding hydrogens is 390 g/mol. The van der Waals surface area contributed by atoms with Crippen molar-refractivity contribution in [3.05, 3.63) is 72.2 Å². The molecule has 4 aromatic rings. The number of rotatable bonds is 5. The summed E-state index contributed by atoms with van der Waals surface area (Å²) >= 11 is 0. The topological polar surface area (TPSA) is 79.9 Å². The van der Waals surface area contributed by atoms with Gasteiger partial charge in [-0.2, -0.15) is 10.1 Å². The summed E-state index contributed by atoms with van der Waals surface area (Å²) in [6.45, 7) is 4.98. The van der Waals surface area contributed by atoms with Gasteiger partial charge >= 0.3 is 0 Å². The highest BCUT2D eigenvalue weighted by molar-refractivity contribution is 5.80. The Hall–Kier alpha value is -3.78. The van der Waals surface area contributed by atoms with Gasteiger partial charge < -0.3 is 9.64 Å². The van der Waals surface area contributed by atoms with E-state index in [1.807, 2.05) is 40.9 Å². The third kappa shape index (κ3) is 4.24. The maximum absolute atomic E-state index is 5.52. The SMILES string of the molecule is Cc1cccc(/C=N/Nc2cc3nc(-c4ccncc4)cn3c(N3CCOCC3)n2)c1. The average molecular weight is 413 g/mol. The molecule has 3 aromatic heterocycles. The molecule has 1 N–H and O–H groups in total. The molecule has 0 radical (unpaired) electrons. The Morgan fingerprint density at radius 3 is 2.71 bits per heavy atom. The van der Waals surface area contributed by atoms with E-state index in [0.29, 0.717) is 19.0 Å². The number of hydrazone groups is 1. The van der Waals surface area contributed by atoms with E-state index in [0.717, 1.165) is 41.5 Å². The summed E-state index contributed by atoms with van der Waals surface area (Å²) in [5.41, 5.74) is 7.98. The smallest absolute Gasteiger partial charge is 0.213 e. The van der Waals surface area contributed by atoms with Gasteiger partial charge in [0.2, 0.25) is 5.95 Å². The number of benzene rings is 1. The van der Waals surface area contributed by atoms with Gasteiger partial charge in [0.1, 0.15) is 5.65 Å². The minimum absolute atomic E-state index is 0.643. The van der Waals surface area contributed by atoms with Gasteiger partial charge in [-0.05, 0) is 24.6 Å². The highest BCUT2D eigenvalue weighted by Crippen LogP contribution is 2.25. The van der Waals surface area contributed by atoms with E-state index in [-0.39, 0.29) is 0 Å². The van der Waals surface area contributed by atoms with Gasteiger partial charge in [-0.3, -0.25) is 14.8 Å². The first-order valence-corrected chi connectivity index (χ1v) is 10.3. The molecule has 5 rings (SSSR count). The number of nitrogens with zero attached hydrogens (tertiary/aromatic N) is 6. The van der Waals surface area contributed by atoms with Crippen LogP contribution in [0.4, 0.5) is 11.8 Å². The summed E-state index contributed by atoms with van der Waals surface area (Å²) in [5, 5.41) is 4.38. The lowest BCUT2D eigenvalue weighted by Crippen LogP contribution is -2.38. The van der Waals surface area contributed by atoms with Crippen LogP contribution in [0.25, 0.3) is 16.9 Å². The molecule has 1 aliphatic rings. The summed E-state index contributed by atoms with van der Waals surface area (Å²) in [7, 11) is 0. The Kier molecular flexibility index (Phi) is 5.28. The van der Waals surface area contributed by atoms with Gasteiger partial charge in [-0.1, -0.05) is 29.8 Å². The summed E-state index contributed by atoms with van der Waals surface area (Å²) in [4.78, 5) is 16.0. The molecule has 1 fully saturated rings. The predicted molar refractivity (Wildman–Crippen MR) is 122 cm³/mol. The van der Waals surface area contributed by atoms with Crippen LogP contribution >= 0.6 is 0 Å². The maximum atomic E-state index is 5.52. The zero-order valence-corrected chi connectivity index (χ0v) is 17.3. The van der Waals surface area contributed by atoms with E-state index < -0.39 is 0 Å². The number of imidazole rings is 1. The van der Waals surface area contributed by atoms with Crippen LogP contribution in [-0.2, 0) is 4.74 Å². The van der Waals surface area contributed by atoms with Crippen LogP contribution in [0.1, 0.15) is 11.1 Å². The van der Waals surface area contributed by atoms with E-state index in [1.54, 1.807) is 18.6 Å². The van der Waals surface area contributed by atoms with Crippen LogP contribution in [0.5, 0.6) is 0 Å². The molecule has 0 aliphatic carbocycles. The first-order chi connectivity index (χ1) is 15.3. The van der Waals surface area contributed by atoms with E-state index in [4.69, 9.17) is 14.7 Å². The molecule has 0 unspecified atom stereocenters. The van der Waals surface area contributed by atoms with Crippen molar-refractivity contribution in [2.75, 3.05) is 36.6 Å². The fourth-order valence-corrected chi connectivity index (χ4v) is 3.60. The van der Waals surface area contributed by atoms with Crippen molar-refractivity contribution in [2.24, 2.45) is 5.10 Å². The zero-order valence-electron chi connectivity index (χ0n) is 17.3. The standard InChI is InChI=1S/C23H23N7O/c1-17-3-2-4-18(13-17)15-25-28-21-14-22-26-20(19-5-7-24-8-6-19)16-30(22)23(27-21)29-9-11-31-12-10-29/h2-8,13-16,28H,9-12H2,1H3/b25-15+. The summed E-state index contributed by atoms with van der Waals surface area (Å²) in [6.07, 6.45) is 7.35. The average Bonchev–Trinajstić information content (AvgIpc) is 3.24. The van der Waals surface area contributed by atoms with Crippen molar-refractivity contribution >= 4 is 23.6 Å². The Labute approximate surface area is 180 Å². The second kappa shape index (κ2) is 8.53. The van der Waals surface area contributed by atoms with E-state index in [2.05, 4.69) is 39.5 Å². The van der Waals surface area contributed by atoms with Crippen molar-refractivity contribution in [2.45, 2.75) is 6.92 Å². The predicted octanol–water partition coefficient (Wildman–Crippen LogP) is 3.38. The molecule has 156 valence electrons. The second-order valence-electron chi connectivity index (χ2n) is 7.42. The van der Waals surface area contributed by atoms with Gasteiger partial charge in [-0.25, -0.2) is 4.98 Å². The van der Waals surface area contributed by atoms with E-state index in [1.165, 1.54) is 5.56 Å². The lowest BCUT2D eigenvalue weighted by Gasteiger charge is -2.28. The molecule has 0 saturated carbocycles. The van der Waals surface area contributed by atoms with E-state index in [9.17, 15) is 0 Å². The fourth-order valence-electron chi connectivity index (χ4n) is 3.60. The Morgan fingerprint density at radius 1 is 1.06 bits per heavy atom. The number of hydrogen-bond acceptors (Lipinski definition) is 7. The van der Waals surface area contributed by atoms with Crippen molar-refractivity contribution < 1.29 is 4.74 Å². The lowest BCUT2D eigenvalue weighted by atomic mass is 10.2. The summed E-state index contributed by atoms with van der Waals surface area (Å²) in [6, 6.07) is 14.0. The van der Waals surface area contributed by atoms with Gasteiger partial charge in [0.15, 0.2) is 5.82 Å². The van der Waals surface area contributed by atoms with Crippen LogP contribution < -0.4 is 10.3 Å². The minimum atomic E-state index is 0.643. The van der Waals surface area contributed by atoms with Crippen LogP contribution in [0.2, 0.25) is 0 Å². The van der Waals surface area contributed by atoms with Crippen molar-refractivity contribution in [1.29, 1.82) is 0 Å². The Balaban J connectivity index is 1.50. The highest BCUT2D eigenvalue weighted by atomic mass is 16.5. The number of ether oxygens (including phenoxy) is 1. The third-order valence-corrected chi connectivity index (χ3v) is 5.14. The molecule has 31 heavy (non-hydrogen) atoms. The van der Waals surface area contributed by atoms with Gasteiger partial charge in [0.25, 0.3) is 0 Å². The monoisotopic (exact) mass is 413 g/mol. The third-order valence-electron chi connectivity index (χ3n) is 5.14. The summed E-state index contributed by atoms with van der Waals surface area (Å²) < 4.78 is 7.55. The molecule has 1 aliphatic heterocycles. The normalized spacial score (nSPS) is 14.4. The number of nitrogens with one attached hydrogen (secondary N) is 1. The number of hydrogen-bond donors (Lipinski definition) is 1. The molecule has 1 aromatic carbocycles. The number of aromatic nitrogens is 4. The van der Waals surface area contributed by atoms with Crippen LogP contribution in [0.3, 0.4) is 0 Å². The number of fused-ring (bicyclic) bond motifs is 1. The van der Waals surface area contributed by atoms with Crippen LogP contribution in [0, 0.1) is 6.92 Å². The number of morpholine rings is 1. The van der Waals surface area contributed by atoms with E-state index >= 15 is 0 Å². The first-order valence-electron chi connectivity index (χ1n) is 10.3. The fraction of sp³-hybridized carbons (Fsp3) is 0.217. The molecule has 1 saturated heterocycles. The van der Waals surface area contributed by atoms with Crippen molar-refractivity contribution in [3.8, 4) is 11.3 Å². The molecule has 0 bridgehead atoms.